The minimum atomic E-state index is -2.89. The van der Waals surface area contributed by atoms with Crippen molar-refractivity contribution in [2.24, 2.45) is 5.73 Å². The third-order valence-corrected chi connectivity index (χ3v) is 1.78. The molecule has 4 N–H and O–H groups in total. The van der Waals surface area contributed by atoms with E-state index in [2.05, 4.69) is 0 Å². The number of rotatable bonds is 2. The first-order chi connectivity index (χ1) is 4.04. The second-order valence-corrected chi connectivity index (χ2v) is 3.12. The van der Waals surface area contributed by atoms with Gasteiger partial charge in [-0.2, -0.15) is 0 Å². The molecule has 0 unspecified atom stereocenters. The Kier molecular flexibility index (Phi) is 3.45. The zero-order valence-electron chi connectivity index (χ0n) is 5.03. The Hall–Kier alpha value is -0.386. The zero-order valence-corrected chi connectivity index (χ0v) is 6.43. The van der Waals surface area contributed by atoms with Crippen LogP contribution in [-0.4, -0.2) is 27.2 Å². The van der Waals surface area contributed by atoms with Gasteiger partial charge in [0.05, 0.1) is 0 Å². The van der Waals surface area contributed by atoms with Gasteiger partial charge in [-0.3, -0.25) is 0 Å². The molecule has 6 heteroatoms. The summed E-state index contributed by atoms with van der Waals surface area (Å²) in [5.74, 6) is -0.181. The number of nitrogens with zero attached hydrogens (tertiary/aromatic N) is 1. The van der Waals surface area contributed by atoms with Gasteiger partial charge in [-0.05, 0) is 0 Å². The Bertz CT molecular complexity index is 137. The molecule has 0 spiro atoms. The van der Waals surface area contributed by atoms with Gasteiger partial charge in [0.25, 0.3) is 0 Å². The minimum absolute atomic E-state index is 0.00231. The zero-order chi connectivity index (χ0) is 7.44. The van der Waals surface area contributed by atoms with Crippen LogP contribution in [0.4, 0.5) is 0 Å². The molecule has 0 heterocycles. The van der Waals surface area contributed by atoms with E-state index in [1.165, 1.54) is 11.9 Å². The fourth-order valence-electron chi connectivity index (χ4n) is 0.258. The summed E-state index contributed by atoms with van der Waals surface area (Å²) in [6, 6.07) is 0. The molecule has 0 aliphatic heterocycles. The molecule has 0 fully saturated rings. The van der Waals surface area contributed by atoms with Crippen LogP contribution in [0.15, 0.2) is 0 Å². The molecule has 0 aromatic rings. The Morgan fingerprint density at radius 2 is 2.44 bits per heavy atom. The topological polar surface area (TPSA) is 90.4 Å². The molecule has 5 nitrogen and oxygen atoms in total. The van der Waals surface area contributed by atoms with Crippen LogP contribution in [0.1, 0.15) is 0 Å². The van der Waals surface area contributed by atoms with Gasteiger partial charge in [0.1, 0.15) is 0 Å². The van der Waals surface area contributed by atoms with Crippen LogP contribution in [0.2, 0.25) is 0 Å². The Balaban J connectivity index is 3.63. The van der Waals surface area contributed by atoms with Gasteiger partial charge in [0, 0.05) is 0 Å². The number of nitrogens with one attached hydrogen (secondary N) is 1. The molecule has 0 rings (SSSR count). The van der Waals surface area contributed by atoms with Crippen molar-refractivity contribution in [1.82, 2.24) is 4.90 Å². The van der Waals surface area contributed by atoms with Crippen molar-refractivity contribution >= 4 is 5.96 Å². The van der Waals surface area contributed by atoms with E-state index in [-0.39, 0.29) is 11.2 Å². The Morgan fingerprint density at radius 1 is 2.00 bits per heavy atom. The van der Waals surface area contributed by atoms with Crippen LogP contribution in [0.25, 0.3) is 0 Å². The van der Waals surface area contributed by atoms with Gasteiger partial charge in [-0.15, -0.1) is 0 Å². The predicted molar refractivity (Wildman–Crippen MR) is 27.4 cm³/mol. The maximum atomic E-state index is 10.1. The van der Waals surface area contributed by atoms with E-state index in [4.69, 9.17) is 15.2 Å². The van der Waals surface area contributed by atoms with Gasteiger partial charge in [0.2, 0.25) is 0 Å². The summed E-state index contributed by atoms with van der Waals surface area (Å²) >= 11 is -2.89. The second-order valence-electron chi connectivity index (χ2n) is 1.58. The number of guanidine groups is 1. The summed E-state index contributed by atoms with van der Waals surface area (Å²) in [7, 11) is 1.50. The summed E-state index contributed by atoms with van der Waals surface area (Å²) in [5.41, 5.74) is 4.97. The Labute approximate surface area is 58.1 Å². The summed E-state index contributed by atoms with van der Waals surface area (Å²) in [4.78, 5) is 1.23. The van der Waals surface area contributed by atoms with E-state index in [0.29, 0.717) is 0 Å². The average Bonchev–Trinajstić information content (AvgIpc) is 1.63. The van der Waals surface area contributed by atoms with E-state index < -0.39 is 15.5 Å². The number of hydrogen-bond acceptors (Lipinski definition) is 2. The third-order valence-electron chi connectivity index (χ3n) is 0.744. The van der Waals surface area contributed by atoms with Crippen molar-refractivity contribution < 1.29 is 23.2 Å². The second kappa shape index (κ2) is 3.60. The van der Waals surface area contributed by atoms with E-state index in [1.807, 2.05) is 0 Å². The molecule has 0 aromatic heterocycles. The molecule has 0 bridgehead atoms. The molecule has 0 amide bonds. The first kappa shape index (κ1) is 8.61. The first-order valence-electron chi connectivity index (χ1n) is 2.22. The molecule has 9 heavy (non-hydrogen) atoms. The van der Waals surface area contributed by atoms with Crippen LogP contribution in [0.3, 0.4) is 0 Å². The summed E-state index contributed by atoms with van der Waals surface area (Å²) in [6.07, 6.45) is 0. The summed E-state index contributed by atoms with van der Waals surface area (Å²) < 4.78 is 18.5. The van der Waals surface area contributed by atoms with Gasteiger partial charge in [-0.25, -0.2) is 0 Å². The van der Waals surface area contributed by atoms with Crippen LogP contribution in [0, 0.1) is 5.41 Å². The molecule has 53 valence electrons. The maximum absolute atomic E-state index is 10.1. The van der Waals surface area contributed by atoms with Crippen molar-refractivity contribution in [3.05, 3.63) is 0 Å². The summed E-state index contributed by atoms with van der Waals surface area (Å²) in [6.45, 7) is 0. The molecule has 0 saturated carbocycles. The van der Waals surface area contributed by atoms with E-state index >= 15 is 0 Å². The Morgan fingerprint density at radius 3 is 2.56 bits per heavy atom. The average molecular weight is 170 g/mol. The SMILES string of the molecule is CN([CH2][V](=[O])[OH])C(=N)N. The van der Waals surface area contributed by atoms with Gasteiger partial charge >= 0.3 is 57.5 Å². The number of nitrogens with two attached hydrogens (primary N) is 1. The van der Waals surface area contributed by atoms with Crippen molar-refractivity contribution in [3.63, 3.8) is 0 Å². The fourth-order valence-corrected chi connectivity index (χ4v) is 1.06. The van der Waals surface area contributed by atoms with Gasteiger partial charge in [-0.1, -0.05) is 0 Å². The fraction of sp³-hybridized carbons (Fsp3) is 0.667. The molecule has 0 saturated heterocycles. The van der Waals surface area contributed by atoms with E-state index in [1.54, 1.807) is 0 Å². The van der Waals surface area contributed by atoms with Crippen molar-refractivity contribution in [1.29, 1.82) is 5.41 Å². The molecular formula is C3H9N3O2V. The summed E-state index contributed by atoms with van der Waals surface area (Å²) in [5, 5.41) is 6.77. The van der Waals surface area contributed by atoms with Crippen molar-refractivity contribution in [2.45, 2.75) is 0 Å². The predicted octanol–water partition coefficient (Wildman–Crippen LogP) is -1.36. The van der Waals surface area contributed by atoms with Crippen LogP contribution in [0.5, 0.6) is 0 Å². The monoisotopic (exact) mass is 170 g/mol. The molecule has 0 aliphatic carbocycles. The van der Waals surface area contributed by atoms with Crippen LogP contribution >= 0.6 is 0 Å². The van der Waals surface area contributed by atoms with Crippen LogP contribution < -0.4 is 5.73 Å². The standard InChI is InChI=1S/C3H8N3.H2O.O.V/c1-6(2)3(4)5;;;/h1H2,2H3,(H3,4,5);1H2;;/q;;;+1/p-1. The van der Waals surface area contributed by atoms with Crippen LogP contribution in [-0.2, 0) is 19.1 Å². The third kappa shape index (κ3) is 4.14. The molecule has 0 atom stereocenters. The molecule has 0 aliphatic rings. The number of hydrogen-bond donors (Lipinski definition) is 3. The first-order valence-corrected chi connectivity index (χ1v) is 4.41. The normalized spacial score (nSPS) is 8.67. The van der Waals surface area contributed by atoms with E-state index in [9.17, 15) is 3.67 Å². The molecular weight excluding hydrogens is 161 g/mol. The molecule has 0 aromatic carbocycles. The molecule has 0 radical (unpaired) electrons. The van der Waals surface area contributed by atoms with Crippen molar-refractivity contribution in [3.8, 4) is 0 Å². The van der Waals surface area contributed by atoms with Gasteiger partial charge < -0.3 is 0 Å². The van der Waals surface area contributed by atoms with E-state index in [0.717, 1.165) is 0 Å². The quantitative estimate of drug-likeness (QED) is 0.352. The van der Waals surface area contributed by atoms with Crippen molar-refractivity contribution in [2.75, 3.05) is 12.3 Å². The van der Waals surface area contributed by atoms with Gasteiger partial charge in [0.15, 0.2) is 0 Å².